The zero-order valence-corrected chi connectivity index (χ0v) is 15.0. The van der Waals surface area contributed by atoms with Gasteiger partial charge >= 0.3 is 0 Å². The van der Waals surface area contributed by atoms with Crippen LogP contribution in [-0.2, 0) is 6.42 Å². The van der Waals surface area contributed by atoms with E-state index in [-0.39, 0.29) is 11.7 Å². The van der Waals surface area contributed by atoms with E-state index in [0.717, 1.165) is 30.8 Å². The van der Waals surface area contributed by atoms with Crippen molar-refractivity contribution in [3.05, 3.63) is 84.3 Å². The van der Waals surface area contributed by atoms with Gasteiger partial charge in [0.25, 0.3) is 5.91 Å². The fraction of sp³-hybridized carbons (Fsp3) is 0.143. The fourth-order valence-corrected chi connectivity index (χ4v) is 3.63. The number of hydrogen-bond acceptors (Lipinski definition) is 3. The molecule has 1 aliphatic heterocycles. The van der Waals surface area contributed by atoms with Gasteiger partial charge in [0.1, 0.15) is 0 Å². The normalized spacial score (nSPS) is 13.2. The zero-order chi connectivity index (χ0) is 17.9. The smallest absolute Gasteiger partial charge is 0.300 e. The molecular formula is C21H18N2O2S. The van der Waals surface area contributed by atoms with E-state index in [4.69, 9.17) is 16.6 Å². The lowest BCUT2D eigenvalue weighted by Crippen LogP contribution is -2.48. The molecule has 1 aliphatic rings. The summed E-state index contributed by atoms with van der Waals surface area (Å²) in [5.41, 5.74) is 3.04. The van der Waals surface area contributed by atoms with E-state index in [1.807, 2.05) is 47.4 Å². The molecule has 0 N–H and O–H groups in total. The molecule has 26 heavy (non-hydrogen) atoms. The Morgan fingerprint density at radius 2 is 1.77 bits per heavy atom. The first-order chi connectivity index (χ1) is 12.8. The lowest BCUT2D eigenvalue weighted by Gasteiger charge is -2.35. The number of furan rings is 1. The molecule has 0 atom stereocenters. The predicted octanol–water partition coefficient (Wildman–Crippen LogP) is 4.66. The van der Waals surface area contributed by atoms with Crippen LogP contribution in [-0.4, -0.2) is 17.6 Å². The van der Waals surface area contributed by atoms with Gasteiger partial charge in [0.15, 0.2) is 10.9 Å². The van der Waals surface area contributed by atoms with Crippen LogP contribution in [0.25, 0.3) is 0 Å². The van der Waals surface area contributed by atoms with Crippen LogP contribution < -0.4 is 9.80 Å². The van der Waals surface area contributed by atoms with Gasteiger partial charge in [-0.2, -0.15) is 0 Å². The van der Waals surface area contributed by atoms with Gasteiger partial charge < -0.3 is 9.32 Å². The minimum Gasteiger partial charge on any atom is -0.459 e. The highest BCUT2D eigenvalue weighted by Gasteiger charge is 2.30. The van der Waals surface area contributed by atoms with Crippen LogP contribution in [0.1, 0.15) is 22.5 Å². The van der Waals surface area contributed by atoms with Crippen molar-refractivity contribution in [3.8, 4) is 0 Å². The summed E-state index contributed by atoms with van der Waals surface area (Å²) < 4.78 is 5.34. The number of rotatable bonds is 2. The van der Waals surface area contributed by atoms with Crippen molar-refractivity contribution in [1.82, 2.24) is 0 Å². The summed E-state index contributed by atoms with van der Waals surface area (Å²) >= 11 is 5.79. The Morgan fingerprint density at radius 1 is 1.00 bits per heavy atom. The summed E-state index contributed by atoms with van der Waals surface area (Å²) in [5, 5.41) is 0.463. The molecule has 0 spiro atoms. The Hall–Kier alpha value is -2.92. The van der Waals surface area contributed by atoms with Crippen LogP contribution in [0.4, 0.5) is 11.4 Å². The Kier molecular flexibility index (Phi) is 4.54. The third-order valence-corrected chi connectivity index (χ3v) is 4.88. The molecule has 130 valence electrons. The minimum atomic E-state index is -0.269. The van der Waals surface area contributed by atoms with Gasteiger partial charge in [-0.25, -0.2) is 0 Å². The maximum atomic E-state index is 13.1. The molecule has 0 bridgehead atoms. The average molecular weight is 362 g/mol. The van der Waals surface area contributed by atoms with Gasteiger partial charge in [-0.15, -0.1) is 0 Å². The number of para-hydroxylation sites is 2. The third kappa shape index (κ3) is 3.02. The Morgan fingerprint density at radius 3 is 2.54 bits per heavy atom. The number of nitrogens with zero attached hydrogens (tertiary/aromatic N) is 2. The maximum absolute atomic E-state index is 13.1. The van der Waals surface area contributed by atoms with Gasteiger partial charge in [-0.3, -0.25) is 9.69 Å². The van der Waals surface area contributed by atoms with Gasteiger partial charge in [-0.1, -0.05) is 36.4 Å². The Labute approximate surface area is 157 Å². The number of carbonyl (C=O) groups is 1. The van der Waals surface area contributed by atoms with E-state index < -0.39 is 0 Å². The number of aryl methyl sites for hydroxylation is 1. The number of carbonyl (C=O) groups excluding carboxylic acids is 1. The number of benzene rings is 2. The molecule has 4 nitrogen and oxygen atoms in total. The molecule has 0 radical (unpaired) electrons. The van der Waals surface area contributed by atoms with Crippen molar-refractivity contribution in [2.45, 2.75) is 12.8 Å². The molecule has 4 rings (SSSR count). The molecule has 5 heteroatoms. The standard InChI is InChI=1S/C21H18N2O2S/c24-20(19-13-7-15-25-19)23(17-10-2-1-3-11-17)21(26)22-14-6-9-16-8-4-5-12-18(16)22/h1-5,7-8,10-13,15H,6,9,14H2. The van der Waals surface area contributed by atoms with E-state index >= 15 is 0 Å². The molecule has 2 heterocycles. The van der Waals surface area contributed by atoms with Crippen LogP contribution in [0, 0.1) is 0 Å². The highest BCUT2D eigenvalue weighted by atomic mass is 32.1. The second-order valence-electron chi connectivity index (χ2n) is 6.12. The number of hydrogen-bond donors (Lipinski definition) is 0. The lowest BCUT2D eigenvalue weighted by atomic mass is 10.0. The van der Waals surface area contributed by atoms with E-state index in [9.17, 15) is 4.79 Å². The second kappa shape index (κ2) is 7.14. The number of anilines is 2. The Balaban J connectivity index is 1.75. The molecule has 1 aromatic heterocycles. The third-order valence-electron chi connectivity index (χ3n) is 4.48. The minimum absolute atomic E-state index is 0.265. The van der Waals surface area contributed by atoms with Crippen molar-refractivity contribution < 1.29 is 9.21 Å². The van der Waals surface area contributed by atoms with Crippen LogP contribution >= 0.6 is 12.2 Å². The quantitative estimate of drug-likeness (QED) is 0.621. The monoisotopic (exact) mass is 362 g/mol. The highest BCUT2D eigenvalue weighted by molar-refractivity contribution is 7.81. The first kappa shape index (κ1) is 16.5. The van der Waals surface area contributed by atoms with E-state index in [1.165, 1.54) is 11.8 Å². The molecule has 0 saturated heterocycles. The topological polar surface area (TPSA) is 36.7 Å². The molecule has 0 aliphatic carbocycles. The van der Waals surface area contributed by atoms with Gasteiger partial charge in [0, 0.05) is 12.2 Å². The van der Waals surface area contributed by atoms with Crippen molar-refractivity contribution in [2.24, 2.45) is 0 Å². The molecule has 0 fully saturated rings. The summed E-state index contributed by atoms with van der Waals surface area (Å²) in [4.78, 5) is 16.7. The van der Waals surface area contributed by atoms with Gasteiger partial charge in [0.05, 0.1) is 12.0 Å². The molecule has 0 saturated carbocycles. The van der Waals surface area contributed by atoms with Crippen molar-refractivity contribution in [1.29, 1.82) is 0 Å². The molecule has 1 amide bonds. The summed E-state index contributed by atoms with van der Waals surface area (Å²) in [6.45, 7) is 0.782. The number of fused-ring (bicyclic) bond motifs is 1. The van der Waals surface area contributed by atoms with Crippen LogP contribution in [0.3, 0.4) is 0 Å². The van der Waals surface area contributed by atoms with Crippen LogP contribution in [0.5, 0.6) is 0 Å². The summed E-state index contributed by atoms with van der Waals surface area (Å²) in [7, 11) is 0. The predicted molar refractivity (Wildman–Crippen MR) is 107 cm³/mol. The second-order valence-corrected chi connectivity index (χ2v) is 6.49. The number of amides is 1. The van der Waals surface area contributed by atoms with E-state index in [0.29, 0.717) is 5.11 Å². The summed E-state index contributed by atoms with van der Waals surface area (Å²) in [6.07, 6.45) is 3.51. The van der Waals surface area contributed by atoms with Crippen molar-refractivity contribution >= 4 is 34.6 Å². The van der Waals surface area contributed by atoms with Gasteiger partial charge in [0.2, 0.25) is 0 Å². The van der Waals surface area contributed by atoms with E-state index in [2.05, 4.69) is 12.1 Å². The van der Waals surface area contributed by atoms with E-state index in [1.54, 1.807) is 17.0 Å². The lowest BCUT2D eigenvalue weighted by molar-refractivity contribution is 0.0976. The molecule has 2 aromatic carbocycles. The number of thiocarbonyl (C=S) groups is 1. The summed E-state index contributed by atoms with van der Waals surface area (Å²) in [5.74, 6) is -0.00393. The molecular weight excluding hydrogens is 344 g/mol. The van der Waals surface area contributed by atoms with Crippen LogP contribution in [0.15, 0.2) is 77.4 Å². The average Bonchev–Trinajstić information content (AvgIpc) is 3.23. The van der Waals surface area contributed by atoms with Crippen LogP contribution in [0.2, 0.25) is 0 Å². The van der Waals surface area contributed by atoms with Gasteiger partial charge in [-0.05, 0) is 61.0 Å². The van der Waals surface area contributed by atoms with Crippen molar-refractivity contribution in [3.63, 3.8) is 0 Å². The highest BCUT2D eigenvalue weighted by Crippen LogP contribution is 2.29. The maximum Gasteiger partial charge on any atom is 0.300 e. The van der Waals surface area contributed by atoms with Crippen molar-refractivity contribution in [2.75, 3.05) is 16.3 Å². The SMILES string of the molecule is O=C(c1ccco1)N(C(=S)N1CCCc2ccccc21)c1ccccc1. The molecule has 3 aromatic rings. The molecule has 0 unspecified atom stereocenters. The fourth-order valence-electron chi connectivity index (χ4n) is 3.26. The summed E-state index contributed by atoms with van der Waals surface area (Å²) in [6, 6.07) is 21.0. The largest absolute Gasteiger partial charge is 0.459 e. The Bertz CT molecular complexity index is 922. The zero-order valence-electron chi connectivity index (χ0n) is 14.2. The first-order valence-corrected chi connectivity index (χ1v) is 8.99. The first-order valence-electron chi connectivity index (χ1n) is 8.58.